The van der Waals surface area contributed by atoms with Gasteiger partial charge in [-0.15, -0.1) is 0 Å². The maximum Gasteiger partial charge on any atom is 0.102 e. The van der Waals surface area contributed by atoms with Gasteiger partial charge in [-0.1, -0.05) is 78.9 Å². The first-order chi connectivity index (χ1) is 14.7. The number of allylic oxidation sites excluding steroid dienone is 2. The number of ether oxygens (including phenoxy) is 3. The van der Waals surface area contributed by atoms with E-state index in [0.717, 1.165) is 24.0 Å². The van der Waals surface area contributed by atoms with Crippen molar-refractivity contribution in [1.82, 2.24) is 0 Å². The van der Waals surface area contributed by atoms with E-state index in [1.807, 2.05) is 61.5 Å². The van der Waals surface area contributed by atoms with Crippen LogP contribution in [0.15, 0.2) is 84.5 Å². The van der Waals surface area contributed by atoms with Gasteiger partial charge in [-0.2, -0.15) is 0 Å². The van der Waals surface area contributed by atoms with E-state index in [1.165, 1.54) is 5.56 Å². The molecule has 1 N–H and O–H groups in total. The Hall–Kier alpha value is -2.24. The molecule has 3 atom stereocenters. The van der Waals surface area contributed by atoms with E-state index in [4.69, 9.17) is 14.2 Å². The third-order valence-corrected chi connectivity index (χ3v) is 5.14. The average molecular weight is 409 g/mol. The molecule has 1 aliphatic heterocycles. The van der Waals surface area contributed by atoms with Crippen LogP contribution < -0.4 is 0 Å². The molecule has 1 saturated heterocycles. The first-order valence-electron chi connectivity index (χ1n) is 10.6. The summed E-state index contributed by atoms with van der Waals surface area (Å²) in [4.78, 5) is 0. The minimum absolute atomic E-state index is 0.00174. The Kier molecular flexibility index (Phi) is 9.32. The molecule has 0 saturated carbocycles. The molecule has 4 heteroatoms. The van der Waals surface area contributed by atoms with E-state index in [1.54, 1.807) is 0 Å². The van der Waals surface area contributed by atoms with Gasteiger partial charge in [-0.3, -0.25) is 0 Å². The van der Waals surface area contributed by atoms with E-state index < -0.39 is 0 Å². The maximum absolute atomic E-state index is 9.19. The Morgan fingerprint density at radius 2 is 1.70 bits per heavy atom. The molecule has 160 valence electrons. The second kappa shape index (κ2) is 12.5. The topological polar surface area (TPSA) is 47.9 Å². The number of aliphatic hydroxyl groups excluding tert-OH is 1. The van der Waals surface area contributed by atoms with E-state index in [2.05, 4.69) is 24.3 Å². The summed E-state index contributed by atoms with van der Waals surface area (Å²) in [6.07, 6.45) is 7.73. The monoisotopic (exact) mass is 408 g/mol. The van der Waals surface area contributed by atoms with Gasteiger partial charge in [-0.05, 0) is 36.5 Å². The summed E-state index contributed by atoms with van der Waals surface area (Å²) in [7, 11) is 0. The molecule has 0 bridgehead atoms. The Balaban J connectivity index is 1.52. The van der Waals surface area contributed by atoms with E-state index >= 15 is 0 Å². The molecule has 30 heavy (non-hydrogen) atoms. The predicted octanol–water partition coefficient (Wildman–Crippen LogP) is 4.83. The summed E-state index contributed by atoms with van der Waals surface area (Å²) in [5.74, 6) is 0. The molecule has 0 aliphatic carbocycles. The number of aliphatic hydroxyl groups is 1. The van der Waals surface area contributed by atoms with E-state index in [9.17, 15) is 5.11 Å². The van der Waals surface area contributed by atoms with Crippen molar-refractivity contribution >= 4 is 0 Å². The quantitative estimate of drug-likeness (QED) is 0.541. The average Bonchev–Trinajstić information content (AvgIpc) is 3.26. The summed E-state index contributed by atoms with van der Waals surface area (Å²) in [6.45, 7) is 3.68. The Labute approximate surface area is 179 Å². The minimum atomic E-state index is -0.146. The molecule has 2 aromatic rings. The number of hydrogen-bond donors (Lipinski definition) is 1. The smallest absolute Gasteiger partial charge is 0.102 e. The van der Waals surface area contributed by atoms with Crippen LogP contribution in [0.25, 0.3) is 0 Å². The van der Waals surface area contributed by atoms with Gasteiger partial charge in [0.1, 0.15) is 6.10 Å². The van der Waals surface area contributed by atoms with Crippen molar-refractivity contribution in [3.8, 4) is 0 Å². The molecule has 4 nitrogen and oxygen atoms in total. The lowest BCUT2D eigenvalue weighted by atomic mass is 10.1. The third-order valence-electron chi connectivity index (χ3n) is 5.14. The summed E-state index contributed by atoms with van der Waals surface area (Å²) in [5, 5.41) is 9.19. The van der Waals surface area contributed by atoms with Gasteiger partial charge in [0.2, 0.25) is 0 Å². The molecule has 0 aromatic heterocycles. The highest BCUT2D eigenvalue weighted by Crippen LogP contribution is 2.26. The van der Waals surface area contributed by atoms with Gasteiger partial charge in [0.25, 0.3) is 0 Å². The van der Waals surface area contributed by atoms with Gasteiger partial charge in [0.05, 0.1) is 38.6 Å². The fourth-order valence-electron chi connectivity index (χ4n) is 3.42. The van der Waals surface area contributed by atoms with Crippen molar-refractivity contribution < 1.29 is 19.3 Å². The van der Waals surface area contributed by atoms with Gasteiger partial charge in [-0.25, -0.2) is 0 Å². The lowest BCUT2D eigenvalue weighted by Gasteiger charge is -2.22. The summed E-state index contributed by atoms with van der Waals surface area (Å²) in [5.41, 5.74) is 3.22. The van der Waals surface area contributed by atoms with Crippen molar-refractivity contribution in [2.45, 2.75) is 51.3 Å². The maximum atomic E-state index is 9.19. The summed E-state index contributed by atoms with van der Waals surface area (Å²) < 4.78 is 18.3. The second-order valence-corrected chi connectivity index (χ2v) is 7.69. The second-order valence-electron chi connectivity index (χ2n) is 7.69. The standard InChI is InChI=1S/C26H32O4/c1-21(17-27)9-8-14-25(29-19-23-12-6-3-7-13-23)26-16-15-24(30-26)20-28-18-22-10-4-2-5-11-22/h2-14,24-27H,15-20H2,1H3/b14-8+,21-9+/t24-,25+,26-/m1/s1. The van der Waals surface area contributed by atoms with E-state index in [-0.39, 0.29) is 24.9 Å². The van der Waals surface area contributed by atoms with Crippen molar-refractivity contribution in [1.29, 1.82) is 0 Å². The van der Waals surface area contributed by atoms with Gasteiger partial charge >= 0.3 is 0 Å². The molecule has 0 radical (unpaired) electrons. The molecule has 1 aliphatic rings. The van der Waals surface area contributed by atoms with Crippen LogP contribution in [0.1, 0.15) is 30.9 Å². The van der Waals surface area contributed by atoms with E-state index in [0.29, 0.717) is 19.8 Å². The highest BCUT2D eigenvalue weighted by Gasteiger charge is 2.31. The minimum Gasteiger partial charge on any atom is -0.392 e. The zero-order valence-corrected chi connectivity index (χ0v) is 17.7. The van der Waals surface area contributed by atoms with Crippen LogP contribution in [0.5, 0.6) is 0 Å². The van der Waals surface area contributed by atoms with Crippen LogP contribution in [0.3, 0.4) is 0 Å². The van der Waals surface area contributed by atoms with Gasteiger partial charge in [0.15, 0.2) is 0 Å². The lowest BCUT2D eigenvalue weighted by molar-refractivity contribution is -0.0746. The van der Waals surface area contributed by atoms with Crippen molar-refractivity contribution in [3.05, 3.63) is 95.6 Å². The first-order valence-corrected chi connectivity index (χ1v) is 10.6. The summed E-state index contributed by atoms with van der Waals surface area (Å²) in [6, 6.07) is 20.4. The molecule has 0 spiro atoms. The van der Waals surface area contributed by atoms with Crippen molar-refractivity contribution in [2.75, 3.05) is 13.2 Å². The molecular formula is C26H32O4. The Morgan fingerprint density at radius 1 is 1.03 bits per heavy atom. The van der Waals surface area contributed by atoms with Crippen LogP contribution in [0.4, 0.5) is 0 Å². The molecule has 0 amide bonds. The molecule has 1 fully saturated rings. The fraction of sp³-hybridized carbons (Fsp3) is 0.385. The van der Waals surface area contributed by atoms with Crippen LogP contribution in [-0.4, -0.2) is 36.6 Å². The largest absolute Gasteiger partial charge is 0.392 e. The predicted molar refractivity (Wildman–Crippen MR) is 119 cm³/mol. The van der Waals surface area contributed by atoms with Gasteiger partial charge < -0.3 is 19.3 Å². The molecule has 2 aromatic carbocycles. The summed E-state index contributed by atoms with van der Waals surface area (Å²) >= 11 is 0. The first kappa shape index (κ1) is 22.4. The Bertz CT molecular complexity index is 785. The van der Waals surface area contributed by atoms with Crippen LogP contribution >= 0.6 is 0 Å². The number of hydrogen-bond acceptors (Lipinski definition) is 4. The van der Waals surface area contributed by atoms with Crippen molar-refractivity contribution in [3.63, 3.8) is 0 Å². The van der Waals surface area contributed by atoms with Crippen LogP contribution in [-0.2, 0) is 27.4 Å². The molecular weight excluding hydrogens is 376 g/mol. The lowest BCUT2D eigenvalue weighted by Crippen LogP contribution is -2.28. The van der Waals surface area contributed by atoms with Crippen LogP contribution in [0.2, 0.25) is 0 Å². The fourth-order valence-corrected chi connectivity index (χ4v) is 3.42. The zero-order valence-electron chi connectivity index (χ0n) is 17.7. The highest BCUT2D eigenvalue weighted by atomic mass is 16.6. The Morgan fingerprint density at radius 3 is 2.37 bits per heavy atom. The van der Waals surface area contributed by atoms with Gasteiger partial charge in [0, 0.05) is 0 Å². The number of benzene rings is 2. The third kappa shape index (κ3) is 7.54. The molecule has 1 heterocycles. The normalized spacial score (nSPS) is 20.7. The zero-order chi connectivity index (χ0) is 21.0. The number of rotatable bonds is 11. The highest BCUT2D eigenvalue weighted by molar-refractivity contribution is 5.15. The molecule has 3 rings (SSSR count). The van der Waals surface area contributed by atoms with Crippen LogP contribution in [0, 0.1) is 0 Å². The van der Waals surface area contributed by atoms with Crippen molar-refractivity contribution in [2.24, 2.45) is 0 Å². The SMILES string of the molecule is C/C(=C\C=C\[C@H](OCc1ccccc1)[C@H]1CC[C@H](COCc2ccccc2)O1)CO. The molecule has 0 unspecified atom stereocenters.